The van der Waals surface area contributed by atoms with Crippen LogP contribution in [0, 0.1) is 0 Å². The molecule has 0 bridgehead atoms. The number of hydrogen-bond acceptors (Lipinski definition) is 2. The first-order valence-corrected chi connectivity index (χ1v) is 6.01. The van der Waals surface area contributed by atoms with E-state index in [1.54, 1.807) is 0 Å². The van der Waals surface area contributed by atoms with Gasteiger partial charge in [0.2, 0.25) is 11.8 Å². The van der Waals surface area contributed by atoms with Crippen LogP contribution in [0.1, 0.15) is 49.7 Å². The SMILES string of the molecule is CC(C)c1cccc(C2CCC(=O)NC2=O)c1. The minimum atomic E-state index is -0.175. The molecule has 1 unspecified atom stereocenters. The number of carbonyl (C=O) groups is 2. The molecule has 0 aromatic heterocycles. The number of rotatable bonds is 2. The molecule has 1 aliphatic rings. The lowest BCUT2D eigenvalue weighted by molar-refractivity contribution is -0.134. The second-order valence-corrected chi connectivity index (χ2v) is 4.83. The van der Waals surface area contributed by atoms with Crippen molar-refractivity contribution in [3.63, 3.8) is 0 Å². The van der Waals surface area contributed by atoms with E-state index in [-0.39, 0.29) is 17.7 Å². The van der Waals surface area contributed by atoms with E-state index >= 15 is 0 Å². The first-order valence-electron chi connectivity index (χ1n) is 6.01. The molecule has 1 fully saturated rings. The van der Waals surface area contributed by atoms with E-state index < -0.39 is 0 Å². The topological polar surface area (TPSA) is 46.2 Å². The van der Waals surface area contributed by atoms with Gasteiger partial charge in [-0.15, -0.1) is 0 Å². The number of amides is 2. The van der Waals surface area contributed by atoms with E-state index in [2.05, 4.69) is 31.3 Å². The van der Waals surface area contributed by atoms with Crippen LogP contribution >= 0.6 is 0 Å². The predicted octanol–water partition coefficient (Wildman–Crippen LogP) is 2.33. The Bertz CT molecular complexity index is 451. The van der Waals surface area contributed by atoms with Crippen LogP contribution in [0.25, 0.3) is 0 Å². The number of piperidine rings is 1. The fourth-order valence-corrected chi connectivity index (χ4v) is 2.15. The van der Waals surface area contributed by atoms with Crippen LogP contribution in [-0.4, -0.2) is 11.8 Å². The normalized spacial score (nSPS) is 20.5. The van der Waals surface area contributed by atoms with Gasteiger partial charge >= 0.3 is 0 Å². The van der Waals surface area contributed by atoms with Gasteiger partial charge in [-0.25, -0.2) is 0 Å². The maximum atomic E-state index is 11.8. The summed E-state index contributed by atoms with van der Waals surface area (Å²) in [5.74, 6) is -0.0527. The molecule has 0 saturated carbocycles. The van der Waals surface area contributed by atoms with Crippen molar-refractivity contribution >= 4 is 11.8 Å². The van der Waals surface area contributed by atoms with E-state index in [9.17, 15) is 9.59 Å². The predicted molar refractivity (Wildman–Crippen MR) is 65.7 cm³/mol. The second kappa shape index (κ2) is 4.70. The molecule has 17 heavy (non-hydrogen) atoms. The van der Waals surface area contributed by atoms with Crippen LogP contribution in [-0.2, 0) is 9.59 Å². The average Bonchev–Trinajstić information content (AvgIpc) is 2.29. The summed E-state index contributed by atoms with van der Waals surface area (Å²) in [5, 5.41) is 2.40. The van der Waals surface area contributed by atoms with Gasteiger partial charge in [-0.2, -0.15) is 0 Å². The summed E-state index contributed by atoms with van der Waals surface area (Å²) in [6.45, 7) is 4.26. The Morgan fingerprint density at radius 2 is 2.06 bits per heavy atom. The van der Waals surface area contributed by atoms with Crippen LogP contribution in [0.2, 0.25) is 0 Å². The molecule has 3 heteroatoms. The van der Waals surface area contributed by atoms with Gasteiger partial charge in [0.25, 0.3) is 0 Å². The van der Waals surface area contributed by atoms with Crippen LogP contribution in [0.3, 0.4) is 0 Å². The van der Waals surface area contributed by atoms with Crippen molar-refractivity contribution in [2.45, 2.75) is 38.5 Å². The monoisotopic (exact) mass is 231 g/mol. The standard InChI is InChI=1S/C14H17NO2/c1-9(2)10-4-3-5-11(8-10)12-6-7-13(16)15-14(12)17/h3-5,8-9,12H,6-7H2,1-2H3,(H,15,16,17). The molecule has 1 saturated heterocycles. The van der Waals surface area contributed by atoms with E-state index in [1.165, 1.54) is 5.56 Å². The zero-order valence-corrected chi connectivity index (χ0v) is 10.2. The van der Waals surface area contributed by atoms with Crippen molar-refractivity contribution in [1.29, 1.82) is 0 Å². The molecule has 0 radical (unpaired) electrons. The average molecular weight is 231 g/mol. The molecule has 1 heterocycles. The molecule has 1 aliphatic heterocycles. The fraction of sp³-hybridized carbons (Fsp3) is 0.429. The highest BCUT2D eigenvalue weighted by Crippen LogP contribution is 2.27. The second-order valence-electron chi connectivity index (χ2n) is 4.83. The molecule has 0 spiro atoms. The fourth-order valence-electron chi connectivity index (χ4n) is 2.15. The van der Waals surface area contributed by atoms with E-state index in [0.29, 0.717) is 18.8 Å². The number of imide groups is 1. The maximum absolute atomic E-state index is 11.8. The van der Waals surface area contributed by atoms with Crippen LogP contribution in [0.5, 0.6) is 0 Å². The van der Waals surface area contributed by atoms with Crippen LogP contribution in [0.15, 0.2) is 24.3 Å². The molecular formula is C14H17NO2. The summed E-state index contributed by atoms with van der Waals surface area (Å²) >= 11 is 0. The third-order valence-electron chi connectivity index (χ3n) is 3.22. The van der Waals surface area contributed by atoms with Gasteiger partial charge in [-0.05, 0) is 23.5 Å². The molecule has 1 aromatic rings. The van der Waals surface area contributed by atoms with Crippen molar-refractivity contribution in [3.05, 3.63) is 35.4 Å². The molecule has 90 valence electrons. The summed E-state index contributed by atoms with van der Waals surface area (Å²) in [4.78, 5) is 22.8. The van der Waals surface area contributed by atoms with E-state index in [1.807, 2.05) is 12.1 Å². The number of hydrogen-bond donors (Lipinski definition) is 1. The van der Waals surface area contributed by atoms with E-state index in [0.717, 1.165) is 5.56 Å². The highest BCUT2D eigenvalue weighted by atomic mass is 16.2. The Labute approximate surface area is 101 Å². The number of carbonyl (C=O) groups excluding carboxylic acids is 2. The lowest BCUT2D eigenvalue weighted by Gasteiger charge is -2.21. The molecule has 0 aliphatic carbocycles. The summed E-state index contributed by atoms with van der Waals surface area (Å²) in [6, 6.07) is 8.09. The largest absolute Gasteiger partial charge is 0.296 e. The van der Waals surface area contributed by atoms with Crippen molar-refractivity contribution in [1.82, 2.24) is 5.32 Å². The zero-order valence-electron chi connectivity index (χ0n) is 10.2. The number of benzene rings is 1. The third kappa shape index (κ3) is 2.54. The third-order valence-corrected chi connectivity index (χ3v) is 3.22. The quantitative estimate of drug-likeness (QED) is 0.794. The Morgan fingerprint density at radius 3 is 2.71 bits per heavy atom. The molecule has 2 amide bonds. The Balaban J connectivity index is 2.25. The summed E-state index contributed by atoms with van der Waals surface area (Å²) in [5.41, 5.74) is 2.24. The van der Waals surface area contributed by atoms with Gasteiger partial charge in [0.05, 0.1) is 5.92 Å². The van der Waals surface area contributed by atoms with Gasteiger partial charge in [0.15, 0.2) is 0 Å². The smallest absolute Gasteiger partial charge is 0.234 e. The first-order chi connectivity index (χ1) is 8.08. The lowest BCUT2D eigenvalue weighted by Crippen LogP contribution is -2.39. The molecule has 1 atom stereocenters. The minimum Gasteiger partial charge on any atom is -0.296 e. The van der Waals surface area contributed by atoms with Gasteiger partial charge in [-0.3, -0.25) is 14.9 Å². The minimum absolute atomic E-state index is 0.161. The molecule has 2 rings (SSSR count). The highest BCUT2D eigenvalue weighted by Gasteiger charge is 2.27. The van der Waals surface area contributed by atoms with Crippen molar-refractivity contribution in [2.24, 2.45) is 0 Å². The van der Waals surface area contributed by atoms with Gasteiger partial charge in [-0.1, -0.05) is 38.1 Å². The first kappa shape index (κ1) is 11.8. The summed E-state index contributed by atoms with van der Waals surface area (Å²) < 4.78 is 0. The Kier molecular flexibility index (Phi) is 3.27. The zero-order chi connectivity index (χ0) is 12.4. The molecule has 1 N–H and O–H groups in total. The molecular weight excluding hydrogens is 214 g/mol. The summed E-state index contributed by atoms with van der Waals surface area (Å²) in [7, 11) is 0. The van der Waals surface area contributed by atoms with Crippen molar-refractivity contribution < 1.29 is 9.59 Å². The van der Waals surface area contributed by atoms with Gasteiger partial charge in [0, 0.05) is 6.42 Å². The Morgan fingerprint density at radius 1 is 1.29 bits per heavy atom. The molecule has 3 nitrogen and oxygen atoms in total. The Hall–Kier alpha value is -1.64. The van der Waals surface area contributed by atoms with Crippen LogP contribution < -0.4 is 5.32 Å². The summed E-state index contributed by atoms with van der Waals surface area (Å²) in [6.07, 6.45) is 1.05. The van der Waals surface area contributed by atoms with E-state index in [4.69, 9.17) is 0 Å². The van der Waals surface area contributed by atoms with Crippen molar-refractivity contribution in [2.75, 3.05) is 0 Å². The van der Waals surface area contributed by atoms with Gasteiger partial charge in [0.1, 0.15) is 0 Å². The van der Waals surface area contributed by atoms with Crippen molar-refractivity contribution in [3.8, 4) is 0 Å². The lowest BCUT2D eigenvalue weighted by atomic mass is 9.88. The van der Waals surface area contributed by atoms with Gasteiger partial charge < -0.3 is 0 Å². The van der Waals surface area contributed by atoms with Crippen LogP contribution in [0.4, 0.5) is 0 Å². The number of nitrogens with one attached hydrogen (secondary N) is 1. The highest BCUT2D eigenvalue weighted by molar-refractivity contribution is 6.00. The molecule has 1 aromatic carbocycles. The maximum Gasteiger partial charge on any atom is 0.234 e.